The Morgan fingerprint density at radius 1 is 0.455 bits per heavy atom. The number of hydrogen-bond donors (Lipinski definition) is 18. The number of alkyl halides is 4. The lowest BCUT2D eigenvalue weighted by Gasteiger charge is -2.35. The number of morpholine rings is 1. The molecule has 3 aliphatic rings. The van der Waals surface area contributed by atoms with Gasteiger partial charge in [-0.2, -0.15) is 30.8 Å². The van der Waals surface area contributed by atoms with Gasteiger partial charge < -0.3 is 80.9 Å². The van der Waals surface area contributed by atoms with E-state index in [1.165, 1.54) is 22.7 Å². The summed E-state index contributed by atoms with van der Waals surface area (Å²) in [4.78, 5) is 39.2. The Bertz CT molecular complexity index is 6700. The summed E-state index contributed by atoms with van der Waals surface area (Å²) in [5.41, 5.74) is 50.6. The number of rotatable bonds is 26. The van der Waals surface area contributed by atoms with Gasteiger partial charge >= 0.3 is 0 Å². The molecular formula is C88H95F4N31O3S6. The number of anilines is 12. The summed E-state index contributed by atoms with van der Waals surface area (Å²) >= 11 is 9.56. The molecule has 34 nitrogen and oxygen atoms in total. The molecule has 2 saturated heterocycles. The van der Waals surface area contributed by atoms with Gasteiger partial charge in [0.15, 0.2) is 0 Å². The zero-order valence-corrected chi connectivity index (χ0v) is 76.3. The monoisotopic (exact) mass is 1900 g/mol. The van der Waals surface area contributed by atoms with Gasteiger partial charge in [-0.1, -0.05) is 6.07 Å². The van der Waals surface area contributed by atoms with Crippen LogP contribution < -0.4 is 66.3 Å². The van der Waals surface area contributed by atoms with Crippen molar-refractivity contribution in [2.24, 2.45) is 11.3 Å². The molecule has 18 aromatic heterocycles. The van der Waals surface area contributed by atoms with Crippen molar-refractivity contribution in [1.29, 1.82) is 5.26 Å². The standard InChI is InChI=1S/C18H24N6OS.C16H19N5OS.C15H14N6S.C15H16N4OS.2C12H11F2N5S/c1-11-9-24(10-12(2)25-11)6-5-20-14-8-17(19)22-15-7-16(26-18(14)15)13-3-4-21-23-13;17-15-8-12(18-9-10-2-5-22-6-3-10)16-13(20-15)7-14(23-16)11-1-4-19-21-11;16-7-15(2-3-15)8-18-10-6-13(17)20-11-5-12(22-14(10)11)9-1-4-19-21-9;16-14-9-11(18-6-3-7-20)15-12(19-14)8-13(21-15)10-4-1-2-5-17-10;2*13-10(14)5-16-7-4-11(15)18-8-3-9(20-12(7)8)6-1-2-17-19-6/h3-4,7-8,11-12H,5-6,9-10H2,1-2H3,(H,21,23)(H3,19,20,22);1,4,7-8,10H,2-3,5-6,9H2,(H,19,21)(H3,17,18,20);1,4-6H,2-3,8H2,(H,19,21)(H3,17,18,20);1-2,4-5,8-9,20H,3,6-7H2,(H3,16,18,19);2*1-4,10H,5H2,(H,17,19)(H3,15,16,18)/t11-,12+;;;;;. The predicted octanol–water partition coefficient (Wildman–Crippen LogP) is 17.5. The normalized spacial score (nSPS) is 14.8. The first-order chi connectivity index (χ1) is 64.1. The van der Waals surface area contributed by atoms with Crippen LogP contribution in [0.25, 0.3) is 125 Å². The van der Waals surface area contributed by atoms with Crippen molar-refractivity contribution in [3.8, 4) is 69.5 Å². The van der Waals surface area contributed by atoms with E-state index in [0.717, 1.165) is 208 Å². The van der Waals surface area contributed by atoms with E-state index in [1.807, 2.05) is 97.1 Å². The molecule has 0 radical (unpaired) electrons. The fraction of sp³-hybridized carbons (Fsp3) is 0.284. The maximum absolute atomic E-state index is 12.3. The van der Waals surface area contributed by atoms with Crippen LogP contribution in [0.3, 0.4) is 0 Å². The van der Waals surface area contributed by atoms with E-state index < -0.39 is 25.9 Å². The molecular weight excluding hydrogens is 1810 g/mol. The summed E-state index contributed by atoms with van der Waals surface area (Å²) in [6.07, 6.45) is 10.9. The quantitative estimate of drug-likeness (QED) is 0.0177. The molecule has 0 unspecified atom stereocenters. The number of aliphatic hydroxyl groups excluding tert-OH is 1. The Morgan fingerprint density at radius 3 is 1.12 bits per heavy atom. The fourth-order valence-corrected chi connectivity index (χ4v) is 21.1. The molecule has 0 bridgehead atoms. The van der Waals surface area contributed by atoms with Crippen LogP contribution in [-0.2, 0) is 9.47 Å². The van der Waals surface area contributed by atoms with Gasteiger partial charge in [0.25, 0.3) is 12.9 Å². The summed E-state index contributed by atoms with van der Waals surface area (Å²) in [5, 5.41) is 71.8. The molecule has 684 valence electrons. The number of aliphatic hydroxyl groups is 1. The van der Waals surface area contributed by atoms with Crippen molar-refractivity contribution in [2.45, 2.75) is 71.0 Å². The van der Waals surface area contributed by atoms with Gasteiger partial charge in [0, 0.05) is 139 Å². The van der Waals surface area contributed by atoms with Gasteiger partial charge in [-0.15, -0.1) is 68.0 Å². The summed E-state index contributed by atoms with van der Waals surface area (Å²) in [5.74, 6) is 3.28. The second-order valence-corrected chi connectivity index (χ2v) is 37.6. The topological polar surface area (TPSA) is 528 Å². The van der Waals surface area contributed by atoms with E-state index in [2.05, 4.69) is 155 Å². The highest BCUT2D eigenvalue weighted by molar-refractivity contribution is 7.24. The smallest absolute Gasteiger partial charge is 0.255 e. The van der Waals surface area contributed by atoms with Gasteiger partial charge in [-0.3, -0.25) is 35.4 Å². The number of H-pyrrole nitrogens is 5. The van der Waals surface area contributed by atoms with Crippen molar-refractivity contribution in [3.05, 3.63) is 159 Å². The number of nitrogens with one attached hydrogen (secondary N) is 11. The number of thiophene rings is 6. The number of nitrogen functional groups attached to an aromatic ring is 6. The first-order valence-electron chi connectivity index (χ1n) is 42.2. The van der Waals surface area contributed by atoms with Crippen LogP contribution in [0, 0.1) is 22.7 Å². The number of aromatic nitrogens is 17. The largest absolute Gasteiger partial charge is 0.396 e. The Labute approximate surface area is 776 Å². The molecule has 0 amide bonds. The Hall–Kier alpha value is -13.5. The van der Waals surface area contributed by atoms with E-state index in [1.54, 1.807) is 94.7 Å². The van der Waals surface area contributed by atoms with Crippen LogP contribution >= 0.6 is 68.0 Å². The van der Waals surface area contributed by atoms with Crippen LogP contribution in [-0.4, -0.2) is 200 Å². The van der Waals surface area contributed by atoms with E-state index in [4.69, 9.17) is 49.0 Å². The minimum atomic E-state index is -2.42. The van der Waals surface area contributed by atoms with Crippen LogP contribution in [0.1, 0.15) is 46.0 Å². The SMILES string of the molecule is C[C@@H]1CN(CCNc2cc(N)nc3cc(-c4ccn[nH]4)sc23)C[C@H](C)O1.N#CC1(CNc2cc(N)nc3cc(-c4ccn[nH]4)sc23)CC1.Nc1cc(NCC(F)F)c2sc(-c3ccn[nH]3)cc2n1.Nc1cc(NCC(F)F)c2sc(-c3ccn[nH]3)cc2n1.Nc1cc(NCC2CCOCC2)c2sc(-c3ccn[nH]3)cc2n1.Nc1cc(NCCCO)c2sc(-c3ccccn3)cc2n1. The highest BCUT2D eigenvalue weighted by atomic mass is 32.1. The highest BCUT2D eigenvalue weighted by Gasteiger charge is 2.43. The Morgan fingerprint density at radius 2 is 0.795 bits per heavy atom. The molecule has 18 aromatic rings. The Kier molecular flexibility index (Phi) is 29.6. The number of pyridine rings is 7. The second-order valence-electron chi connectivity index (χ2n) is 31.3. The lowest BCUT2D eigenvalue weighted by atomic mass is 10.0. The number of nitrogens with two attached hydrogens (primary N) is 6. The first-order valence-corrected chi connectivity index (χ1v) is 47.1. The number of nitrogens with zero attached hydrogens (tertiary/aromatic N) is 14. The number of nitriles is 1. The predicted molar refractivity (Wildman–Crippen MR) is 527 cm³/mol. The lowest BCUT2D eigenvalue weighted by Crippen LogP contribution is -2.46. The summed E-state index contributed by atoms with van der Waals surface area (Å²) in [6, 6.07) is 40.2. The van der Waals surface area contributed by atoms with E-state index in [9.17, 15) is 22.8 Å². The zero-order chi connectivity index (χ0) is 91.8. The summed E-state index contributed by atoms with van der Waals surface area (Å²) in [6.45, 7) is 11.4. The molecule has 24 N–H and O–H groups in total. The molecule has 0 aromatic carbocycles. The van der Waals surface area contributed by atoms with Crippen LogP contribution in [0.5, 0.6) is 0 Å². The third-order valence-corrected chi connectivity index (χ3v) is 28.3. The number of ether oxygens (including phenoxy) is 2. The highest BCUT2D eigenvalue weighted by Crippen LogP contribution is 2.47. The van der Waals surface area contributed by atoms with Crippen molar-refractivity contribution >= 4 is 198 Å². The first kappa shape index (κ1) is 91.8. The molecule has 20 heterocycles. The van der Waals surface area contributed by atoms with Gasteiger partial charge in [-0.25, -0.2) is 47.5 Å². The summed E-state index contributed by atoms with van der Waals surface area (Å²) < 4.78 is 66.5. The molecule has 2 atom stereocenters. The maximum Gasteiger partial charge on any atom is 0.255 e. The molecule has 44 heteroatoms. The molecule has 1 saturated carbocycles. The fourth-order valence-electron chi connectivity index (χ4n) is 14.7. The average Bonchev–Trinajstić information content (AvgIpc) is 1.63. The number of halogens is 4. The number of hydrogen-bond acceptors (Lipinski definition) is 35. The van der Waals surface area contributed by atoms with Crippen LogP contribution in [0.2, 0.25) is 0 Å². The van der Waals surface area contributed by atoms with E-state index in [0.29, 0.717) is 82.7 Å². The third-order valence-electron chi connectivity index (χ3n) is 21.2. The number of aromatic amines is 5. The summed E-state index contributed by atoms with van der Waals surface area (Å²) in [7, 11) is 0. The zero-order valence-electron chi connectivity index (χ0n) is 71.4. The average molecular weight is 1900 g/mol. The van der Waals surface area contributed by atoms with Gasteiger partial charge in [-0.05, 0) is 131 Å². The number of fused-ring (bicyclic) bond motifs is 6. The molecule has 1 aliphatic carbocycles. The van der Waals surface area contributed by atoms with Gasteiger partial charge in [0.05, 0.1) is 196 Å². The van der Waals surface area contributed by atoms with E-state index in [-0.39, 0.29) is 24.2 Å². The van der Waals surface area contributed by atoms with Gasteiger partial charge in [0.2, 0.25) is 0 Å². The Balaban J connectivity index is 0.000000116. The maximum atomic E-state index is 12.3. The van der Waals surface area contributed by atoms with Crippen LogP contribution in [0.15, 0.2) is 159 Å². The molecule has 21 rings (SSSR count). The van der Waals surface area contributed by atoms with Crippen molar-refractivity contribution in [2.75, 3.05) is 145 Å². The molecule has 3 fully saturated rings. The molecule has 0 spiro atoms. The second kappa shape index (κ2) is 42.6. The van der Waals surface area contributed by atoms with Crippen molar-refractivity contribution in [1.82, 2.24) is 90.8 Å². The molecule has 2 aliphatic heterocycles. The lowest BCUT2D eigenvalue weighted by molar-refractivity contribution is -0.0667. The van der Waals surface area contributed by atoms with Crippen molar-refractivity contribution < 1.29 is 32.1 Å². The van der Waals surface area contributed by atoms with Gasteiger partial charge in [0.1, 0.15) is 34.9 Å². The third kappa shape index (κ3) is 23.4. The minimum absolute atomic E-state index is 0.167. The van der Waals surface area contributed by atoms with Crippen LogP contribution in [0.4, 0.5) is 86.6 Å². The van der Waals surface area contributed by atoms with E-state index >= 15 is 0 Å². The van der Waals surface area contributed by atoms with Crippen molar-refractivity contribution in [3.63, 3.8) is 0 Å². The molecule has 132 heavy (non-hydrogen) atoms. The minimum Gasteiger partial charge on any atom is -0.396 e.